The van der Waals surface area contributed by atoms with Crippen molar-refractivity contribution in [1.82, 2.24) is 0 Å². The largest absolute Gasteiger partial charge is 0.423 e. The number of hydrogen-bond donors (Lipinski definition) is 1. The molecule has 2 aromatic carbocycles. The van der Waals surface area contributed by atoms with Crippen LogP contribution in [0.15, 0.2) is 29.2 Å². The highest BCUT2D eigenvalue weighted by Gasteiger charge is 2.23. The molecular weight excluding hydrogens is 697 g/mol. The van der Waals surface area contributed by atoms with E-state index in [2.05, 4.69) is 67.8 Å². The Labute approximate surface area is 193 Å². The van der Waals surface area contributed by atoms with E-state index < -0.39 is 16.1 Å². The van der Waals surface area contributed by atoms with Gasteiger partial charge in [-0.25, -0.2) is 4.79 Å². The van der Waals surface area contributed by atoms with Crippen molar-refractivity contribution in [1.29, 1.82) is 0 Å². The summed E-state index contributed by atoms with van der Waals surface area (Å²) in [5.74, 6) is -0.341. The highest BCUT2D eigenvalue weighted by Crippen LogP contribution is 2.30. The maximum absolute atomic E-state index is 12.6. The van der Waals surface area contributed by atoms with Crippen molar-refractivity contribution in [2.45, 2.75) is 31.6 Å². The standard InChI is InChI=1S/C17H15I3O5S/c1-8(2)11-7-12(9(3)4-15(11)26(22,23)24)17(21)25-10-5-13(18)16(20)14(19)6-10/h4-8H,1-3H3,(H,22,23,24). The molecule has 140 valence electrons. The first kappa shape index (κ1) is 22.3. The van der Waals surface area contributed by atoms with Crippen LogP contribution in [0.25, 0.3) is 0 Å². The fourth-order valence-electron chi connectivity index (χ4n) is 2.35. The molecule has 0 aromatic heterocycles. The molecule has 26 heavy (non-hydrogen) atoms. The summed E-state index contributed by atoms with van der Waals surface area (Å²) in [6.07, 6.45) is 0. The molecular formula is C17H15I3O5S. The van der Waals surface area contributed by atoms with Gasteiger partial charge >= 0.3 is 5.97 Å². The molecule has 0 amide bonds. The summed E-state index contributed by atoms with van der Waals surface area (Å²) in [5.41, 5.74) is 1.06. The third kappa shape index (κ3) is 5.08. The van der Waals surface area contributed by atoms with Gasteiger partial charge in [0.2, 0.25) is 0 Å². The van der Waals surface area contributed by atoms with Crippen LogP contribution in [-0.4, -0.2) is 18.9 Å². The van der Waals surface area contributed by atoms with Crippen molar-refractivity contribution in [2.75, 3.05) is 0 Å². The highest BCUT2D eigenvalue weighted by atomic mass is 127. The Morgan fingerprint density at radius 3 is 2.08 bits per heavy atom. The second-order valence-corrected chi connectivity index (χ2v) is 10.7. The minimum absolute atomic E-state index is 0.181. The summed E-state index contributed by atoms with van der Waals surface area (Å²) in [6.45, 7) is 5.19. The quantitative estimate of drug-likeness (QED) is 0.151. The first-order valence-electron chi connectivity index (χ1n) is 7.40. The van der Waals surface area contributed by atoms with Crippen molar-refractivity contribution in [3.05, 3.63) is 51.7 Å². The van der Waals surface area contributed by atoms with Crippen LogP contribution in [-0.2, 0) is 10.1 Å². The molecule has 0 unspecified atom stereocenters. The van der Waals surface area contributed by atoms with Crippen LogP contribution in [0.1, 0.15) is 41.3 Å². The lowest BCUT2D eigenvalue weighted by Gasteiger charge is -2.15. The number of rotatable bonds is 4. The zero-order valence-electron chi connectivity index (χ0n) is 14.0. The normalized spacial score (nSPS) is 11.7. The smallest absolute Gasteiger partial charge is 0.343 e. The Kier molecular flexibility index (Phi) is 7.35. The van der Waals surface area contributed by atoms with Gasteiger partial charge in [0.25, 0.3) is 10.1 Å². The molecule has 0 saturated carbocycles. The molecule has 5 nitrogen and oxygen atoms in total. The van der Waals surface area contributed by atoms with Gasteiger partial charge in [0.15, 0.2) is 0 Å². The molecule has 2 aromatic rings. The second-order valence-electron chi connectivity index (χ2n) is 5.93. The van der Waals surface area contributed by atoms with E-state index in [0.717, 1.165) is 10.7 Å². The van der Waals surface area contributed by atoms with Gasteiger partial charge in [-0.3, -0.25) is 4.55 Å². The Hall–Kier alpha value is 0.0100. The molecule has 0 atom stereocenters. The average molecular weight is 712 g/mol. The first-order valence-corrected chi connectivity index (χ1v) is 12.1. The van der Waals surface area contributed by atoms with E-state index >= 15 is 0 Å². The topological polar surface area (TPSA) is 80.7 Å². The van der Waals surface area contributed by atoms with E-state index in [9.17, 15) is 17.8 Å². The molecule has 0 spiro atoms. The van der Waals surface area contributed by atoms with E-state index in [4.69, 9.17) is 4.74 Å². The minimum Gasteiger partial charge on any atom is -0.423 e. The van der Waals surface area contributed by atoms with Crippen LogP contribution in [0.3, 0.4) is 0 Å². The number of carbonyl (C=O) groups excluding carboxylic acids is 1. The number of esters is 1. The van der Waals surface area contributed by atoms with Crippen LogP contribution in [0.5, 0.6) is 5.75 Å². The predicted molar refractivity (Wildman–Crippen MR) is 125 cm³/mol. The molecule has 0 bridgehead atoms. The van der Waals surface area contributed by atoms with Gasteiger partial charge in [-0.05, 0) is 116 Å². The van der Waals surface area contributed by atoms with E-state index in [1.165, 1.54) is 12.1 Å². The van der Waals surface area contributed by atoms with Gasteiger partial charge in [-0.15, -0.1) is 0 Å². The van der Waals surface area contributed by atoms with Crippen molar-refractivity contribution >= 4 is 83.9 Å². The van der Waals surface area contributed by atoms with Gasteiger partial charge in [0.1, 0.15) is 5.75 Å². The first-order chi connectivity index (χ1) is 11.9. The van der Waals surface area contributed by atoms with Crippen molar-refractivity contribution in [3.8, 4) is 5.75 Å². The molecule has 0 fully saturated rings. The average Bonchev–Trinajstić information content (AvgIpc) is 2.50. The summed E-state index contributed by atoms with van der Waals surface area (Å²) >= 11 is 6.57. The summed E-state index contributed by atoms with van der Waals surface area (Å²) in [5, 5.41) is 0. The number of ether oxygens (including phenoxy) is 1. The molecule has 1 N–H and O–H groups in total. The van der Waals surface area contributed by atoms with E-state index in [1.54, 1.807) is 32.9 Å². The van der Waals surface area contributed by atoms with Crippen LogP contribution in [0.4, 0.5) is 0 Å². The molecule has 0 saturated heterocycles. The maximum Gasteiger partial charge on any atom is 0.343 e. The molecule has 0 aliphatic carbocycles. The molecule has 9 heteroatoms. The van der Waals surface area contributed by atoms with Gasteiger partial charge in [0.05, 0.1) is 10.5 Å². The lowest BCUT2D eigenvalue weighted by molar-refractivity contribution is 0.0733. The molecule has 2 rings (SSSR count). The molecule has 0 aliphatic rings. The zero-order valence-corrected chi connectivity index (χ0v) is 21.3. The number of carbonyl (C=O) groups is 1. The Balaban J connectivity index is 2.48. The van der Waals surface area contributed by atoms with Crippen molar-refractivity contribution in [2.24, 2.45) is 0 Å². The summed E-state index contributed by atoms with van der Waals surface area (Å²) in [4.78, 5) is 12.5. The lowest BCUT2D eigenvalue weighted by atomic mass is 9.97. The number of hydrogen-bond acceptors (Lipinski definition) is 4. The number of benzene rings is 2. The molecule has 0 radical (unpaired) electrons. The fourth-order valence-corrected chi connectivity index (χ4v) is 5.29. The Morgan fingerprint density at radius 2 is 1.62 bits per heavy atom. The summed E-state index contributed by atoms with van der Waals surface area (Å²) < 4.78 is 41.2. The van der Waals surface area contributed by atoms with E-state index in [-0.39, 0.29) is 16.4 Å². The van der Waals surface area contributed by atoms with Gasteiger partial charge < -0.3 is 4.74 Å². The third-order valence-corrected chi connectivity index (χ3v) is 9.48. The number of aryl methyl sites for hydroxylation is 1. The fraction of sp³-hybridized carbons (Fsp3) is 0.235. The predicted octanol–water partition coefficient (Wildman–Crippen LogP) is 5.40. The summed E-state index contributed by atoms with van der Waals surface area (Å²) in [7, 11) is -4.37. The van der Waals surface area contributed by atoms with Gasteiger partial charge in [-0.1, -0.05) is 13.8 Å². The lowest BCUT2D eigenvalue weighted by Crippen LogP contribution is -2.14. The number of halogens is 3. The van der Waals surface area contributed by atoms with Crippen molar-refractivity contribution in [3.63, 3.8) is 0 Å². The SMILES string of the molecule is Cc1cc(S(=O)(=O)O)c(C(C)C)cc1C(=O)Oc1cc(I)c(I)c(I)c1. The van der Waals surface area contributed by atoms with Crippen LogP contribution < -0.4 is 4.74 Å². The Morgan fingerprint density at radius 1 is 1.08 bits per heavy atom. The maximum atomic E-state index is 12.6. The highest BCUT2D eigenvalue weighted by molar-refractivity contribution is 14.1. The van der Waals surface area contributed by atoms with Crippen LogP contribution >= 0.6 is 67.8 Å². The summed E-state index contributed by atoms with van der Waals surface area (Å²) in [6, 6.07) is 6.33. The third-order valence-electron chi connectivity index (χ3n) is 3.64. The van der Waals surface area contributed by atoms with Gasteiger partial charge in [0, 0.05) is 10.7 Å². The van der Waals surface area contributed by atoms with Gasteiger partial charge in [-0.2, -0.15) is 8.42 Å². The zero-order chi connectivity index (χ0) is 19.8. The van der Waals surface area contributed by atoms with Crippen LogP contribution in [0, 0.1) is 17.6 Å². The van der Waals surface area contributed by atoms with E-state index in [0.29, 0.717) is 16.9 Å². The Bertz CT molecular complexity index is 961. The second kappa shape index (κ2) is 8.57. The minimum atomic E-state index is -4.37. The van der Waals surface area contributed by atoms with E-state index in [1.807, 2.05) is 0 Å². The van der Waals surface area contributed by atoms with Crippen LogP contribution in [0.2, 0.25) is 0 Å². The van der Waals surface area contributed by atoms with Crippen molar-refractivity contribution < 1.29 is 22.5 Å². The molecule has 0 heterocycles. The monoisotopic (exact) mass is 712 g/mol. The molecule has 0 aliphatic heterocycles.